The van der Waals surface area contributed by atoms with Gasteiger partial charge >= 0.3 is 0 Å². The van der Waals surface area contributed by atoms with Crippen LogP contribution in [-0.4, -0.2) is 0 Å². The molecule has 1 heterocycles. The van der Waals surface area contributed by atoms with Gasteiger partial charge in [0, 0.05) is 10.4 Å². The molecule has 0 aliphatic carbocycles. The third-order valence-corrected chi connectivity index (χ3v) is 3.51. The summed E-state index contributed by atoms with van der Waals surface area (Å²) in [5, 5.41) is 1.71. The highest BCUT2D eigenvalue weighted by molar-refractivity contribution is 6.31. The molecular weight excluding hydrogens is 255 g/mol. The fraction of sp³-hybridized carbons (Fsp3) is 0.429. The monoisotopic (exact) mass is 270 g/mol. The van der Waals surface area contributed by atoms with Crippen LogP contribution in [0.25, 0.3) is 11.0 Å². The van der Waals surface area contributed by atoms with Gasteiger partial charge in [-0.05, 0) is 43.0 Å². The zero-order chi connectivity index (χ0) is 12.6. The predicted octanol–water partition coefficient (Wildman–Crippen LogP) is 5.72. The number of aryl methyl sites for hydroxylation is 1. The normalized spacial score (nSPS) is 13.5. The van der Waals surface area contributed by atoms with Gasteiger partial charge in [-0.1, -0.05) is 25.4 Å². The molecule has 1 aromatic carbocycles. The van der Waals surface area contributed by atoms with Gasteiger partial charge in [-0.25, -0.2) is 0 Å². The van der Waals surface area contributed by atoms with Crippen molar-refractivity contribution in [2.45, 2.75) is 32.6 Å². The summed E-state index contributed by atoms with van der Waals surface area (Å²) in [4.78, 5) is 0. The van der Waals surface area contributed by atoms with E-state index in [0.29, 0.717) is 5.92 Å². The molecule has 1 aromatic heterocycles. The molecule has 0 saturated carbocycles. The summed E-state index contributed by atoms with van der Waals surface area (Å²) in [5.74, 6) is 1.42. The first-order chi connectivity index (χ1) is 7.99. The van der Waals surface area contributed by atoms with Gasteiger partial charge < -0.3 is 4.42 Å². The molecule has 0 N–H and O–H groups in total. The zero-order valence-corrected chi connectivity index (χ0v) is 11.8. The number of furan rings is 1. The van der Waals surface area contributed by atoms with Crippen molar-refractivity contribution in [2.24, 2.45) is 5.92 Å². The molecule has 0 bridgehead atoms. The van der Waals surface area contributed by atoms with E-state index < -0.39 is 0 Å². The van der Waals surface area contributed by atoms with Crippen molar-refractivity contribution in [3.63, 3.8) is 0 Å². The summed E-state index contributed by atoms with van der Waals surface area (Å²) in [6.07, 6.45) is 0.913. The second-order valence-electron chi connectivity index (χ2n) is 4.83. The van der Waals surface area contributed by atoms with Gasteiger partial charge in [0.1, 0.15) is 11.3 Å². The fourth-order valence-corrected chi connectivity index (χ4v) is 2.77. The molecule has 1 nitrogen and oxygen atoms in total. The maximum absolute atomic E-state index is 6.39. The van der Waals surface area contributed by atoms with Gasteiger partial charge in [-0.3, -0.25) is 0 Å². The number of hydrogen-bond donors (Lipinski definition) is 0. The second-order valence-corrected chi connectivity index (χ2v) is 5.79. The van der Waals surface area contributed by atoms with Gasteiger partial charge in [0.15, 0.2) is 0 Å². The van der Waals surface area contributed by atoms with Crippen LogP contribution in [0.2, 0.25) is 5.02 Å². The predicted molar refractivity (Wildman–Crippen MR) is 74.0 cm³/mol. The van der Waals surface area contributed by atoms with E-state index in [1.54, 1.807) is 0 Å². The number of rotatable bonds is 3. The minimum atomic E-state index is -0.0684. The largest absolute Gasteiger partial charge is 0.459 e. The quantitative estimate of drug-likeness (QED) is 0.650. The van der Waals surface area contributed by atoms with Gasteiger partial charge in [0.05, 0.1) is 5.38 Å². The van der Waals surface area contributed by atoms with Crippen LogP contribution < -0.4 is 0 Å². The van der Waals surface area contributed by atoms with Crippen molar-refractivity contribution in [2.75, 3.05) is 0 Å². The van der Waals surface area contributed by atoms with Crippen LogP contribution in [0.4, 0.5) is 0 Å². The Morgan fingerprint density at radius 2 is 2.00 bits per heavy atom. The molecule has 0 amide bonds. The van der Waals surface area contributed by atoms with Crippen molar-refractivity contribution >= 4 is 34.2 Å². The molecular formula is C14H16Cl2O. The van der Waals surface area contributed by atoms with Crippen LogP contribution in [0.15, 0.2) is 22.6 Å². The van der Waals surface area contributed by atoms with E-state index in [1.165, 1.54) is 0 Å². The van der Waals surface area contributed by atoms with Crippen LogP contribution in [0.1, 0.15) is 37.0 Å². The molecule has 3 heteroatoms. The van der Waals surface area contributed by atoms with E-state index in [2.05, 4.69) is 13.8 Å². The molecule has 1 atom stereocenters. The maximum Gasteiger partial charge on any atom is 0.134 e. The van der Waals surface area contributed by atoms with E-state index in [0.717, 1.165) is 33.7 Å². The van der Waals surface area contributed by atoms with E-state index in [4.69, 9.17) is 27.6 Å². The van der Waals surface area contributed by atoms with E-state index in [9.17, 15) is 0 Å². The van der Waals surface area contributed by atoms with Crippen molar-refractivity contribution in [3.05, 3.63) is 34.5 Å². The van der Waals surface area contributed by atoms with Crippen molar-refractivity contribution in [1.82, 2.24) is 0 Å². The Hall–Kier alpha value is -0.660. The Labute approximate surface area is 112 Å². The van der Waals surface area contributed by atoms with E-state index in [-0.39, 0.29) is 5.38 Å². The lowest BCUT2D eigenvalue weighted by Crippen LogP contribution is -1.96. The third-order valence-electron chi connectivity index (χ3n) is 2.90. The Bertz CT molecular complexity index is 528. The minimum Gasteiger partial charge on any atom is -0.459 e. The molecule has 2 rings (SSSR count). The molecule has 0 aliphatic rings. The average molecular weight is 271 g/mol. The smallest absolute Gasteiger partial charge is 0.134 e. The van der Waals surface area contributed by atoms with Crippen LogP contribution in [0.3, 0.4) is 0 Å². The molecule has 92 valence electrons. The Morgan fingerprint density at radius 1 is 1.29 bits per heavy atom. The Morgan fingerprint density at radius 3 is 2.65 bits per heavy atom. The Balaban J connectivity index is 2.45. The molecule has 2 aromatic rings. The van der Waals surface area contributed by atoms with Crippen molar-refractivity contribution in [3.8, 4) is 0 Å². The van der Waals surface area contributed by atoms with Crippen LogP contribution >= 0.6 is 23.2 Å². The van der Waals surface area contributed by atoms with Gasteiger partial charge in [0.2, 0.25) is 0 Å². The number of benzene rings is 1. The zero-order valence-electron chi connectivity index (χ0n) is 10.3. The maximum atomic E-state index is 6.39. The lowest BCUT2D eigenvalue weighted by Gasteiger charge is -2.10. The highest BCUT2D eigenvalue weighted by Gasteiger charge is 2.19. The van der Waals surface area contributed by atoms with Crippen LogP contribution in [0.5, 0.6) is 0 Å². The molecule has 0 aliphatic heterocycles. The number of hydrogen-bond acceptors (Lipinski definition) is 1. The topological polar surface area (TPSA) is 13.1 Å². The molecule has 0 spiro atoms. The third kappa shape index (κ3) is 2.61. The summed E-state index contributed by atoms with van der Waals surface area (Å²) in [7, 11) is 0. The second kappa shape index (κ2) is 4.91. The number of fused-ring (bicyclic) bond motifs is 1. The minimum absolute atomic E-state index is 0.0684. The summed E-state index contributed by atoms with van der Waals surface area (Å²) in [6, 6.07) is 5.66. The molecule has 17 heavy (non-hydrogen) atoms. The van der Waals surface area contributed by atoms with Crippen molar-refractivity contribution < 1.29 is 4.42 Å². The van der Waals surface area contributed by atoms with Crippen molar-refractivity contribution in [1.29, 1.82) is 0 Å². The number of halogens is 2. The standard InChI is InChI=1S/C14H16Cl2O/c1-8(2)6-12(16)14-9(3)11-7-10(15)4-5-13(11)17-14/h4-5,7-8,12H,6H2,1-3H3. The SMILES string of the molecule is Cc1c(C(Cl)CC(C)C)oc2ccc(Cl)cc12. The molecule has 1 unspecified atom stereocenters. The van der Waals surface area contributed by atoms with Gasteiger partial charge in [-0.15, -0.1) is 11.6 Å². The number of alkyl halides is 1. The average Bonchev–Trinajstić information content (AvgIpc) is 2.55. The summed E-state index contributed by atoms with van der Waals surface area (Å²) >= 11 is 12.4. The summed E-state index contributed by atoms with van der Waals surface area (Å²) in [6.45, 7) is 6.35. The molecule has 0 saturated heterocycles. The fourth-order valence-electron chi connectivity index (χ4n) is 2.03. The summed E-state index contributed by atoms with van der Waals surface area (Å²) in [5.41, 5.74) is 1.96. The van der Waals surface area contributed by atoms with Gasteiger partial charge in [0.25, 0.3) is 0 Å². The Kier molecular flexibility index (Phi) is 3.70. The first-order valence-corrected chi connectivity index (χ1v) is 6.63. The molecule has 0 fully saturated rings. The summed E-state index contributed by atoms with van der Waals surface area (Å²) < 4.78 is 5.83. The van der Waals surface area contributed by atoms with E-state index >= 15 is 0 Å². The van der Waals surface area contributed by atoms with E-state index in [1.807, 2.05) is 25.1 Å². The van der Waals surface area contributed by atoms with Gasteiger partial charge in [-0.2, -0.15) is 0 Å². The first-order valence-electron chi connectivity index (χ1n) is 5.81. The molecule has 0 radical (unpaired) electrons. The van der Waals surface area contributed by atoms with Crippen LogP contribution in [-0.2, 0) is 0 Å². The highest BCUT2D eigenvalue weighted by Crippen LogP contribution is 2.36. The van der Waals surface area contributed by atoms with Crippen LogP contribution in [0, 0.1) is 12.8 Å². The lowest BCUT2D eigenvalue weighted by molar-refractivity contribution is 0.486. The first kappa shape index (κ1) is 12.8. The lowest BCUT2D eigenvalue weighted by atomic mass is 10.0. The highest BCUT2D eigenvalue weighted by atomic mass is 35.5.